The number of nitrogens with zero attached hydrogens (tertiary/aromatic N) is 6. The Kier molecular flexibility index (Phi) is 7.19. The Morgan fingerprint density at radius 1 is 1.20 bits per heavy atom. The minimum absolute atomic E-state index is 0.00869. The monoisotopic (exact) mass is 540 g/mol. The molecule has 0 saturated carbocycles. The number of para-hydroxylation sites is 1. The number of halogens is 1. The van der Waals surface area contributed by atoms with E-state index in [2.05, 4.69) is 9.97 Å². The molecule has 0 aliphatic carbocycles. The summed E-state index contributed by atoms with van der Waals surface area (Å²) in [6.07, 6.45) is 4.18. The van der Waals surface area contributed by atoms with Gasteiger partial charge in [-0.1, -0.05) is 18.2 Å². The van der Waals surface area contributed by atoms with Gasteiger partial charge in [0.2, 0.25) is 0 Å². The highest BCUT2D eigenvalue weighted by atomic mass is 19.1. The van der Waals surface area contributed by atoms with Crippen LogP contribution >= 0.6 is 0 Å². The fourth-order valence-electron chi connectivity index (χ4n) is 4.84. The van der Waals surface area contributed by atoms with Crippen LogP contribution in [0, 0.1) is 17.1 Å². The summed E-state index contributed by atoms with van der Waals surface area (Å²) in [4.78, 5) is 23.3. The summed E-state index contributed by atoms with van der Waals surface area (Å²) in [6.45, 7) is 4.21. The summed E-state index contributed by atoms with van der Waals surface area (Å²) in [5.41, 5.74) is 12.4. The Hall–Kier alpha value is -4.82. The number of piperidine rings is 1. The van der Waals surface area contributed by atoms with E-state index >= 15 is 4.39 Å². The molecule has 5 rings (SSSR count). The minimum Gasteiger partial charge on any atom is -0.457 e. The van der Waals surface area contributed by atoms with Crippen LogP contribution in [0.3, 0.4) is 0 Å². The molecule has 2 aromatic heterocycles. The van der Waals surface area contributed by atoms with Crippen molar-refractivity contribution in [1.82, 2.24) is 24.6 Å². The number of nitriles is 1. The fourth-order valence-corrected chi connectivity index (χ4v) is 4.84. The quantitative estimate of drug-likeness (QED) is 0.271. The van der Waals surface area contributed by atoms with Gasteiger partial charge in [0.15, 0.2) is 5.65 Å². The van der Waals surface area contributed by atoms with E-state index in [9.17, 15) is 10.1 Å². The number of fused-ring (bicyclic) bond motifs is 1. The average molecular weight is 541 g/mol. The van der Waals surface area contributed by atoms with Crippen molar-refractivity contribution < 1.29 is 13.9 Å². The van der Waals surface area contributed by atoms with Crippen LogP contribution in [-0.2, 0) is 4.79 Å². The van der Waals surface area contributed by atoms with Crippen LogP contribution < -0.4 is 16.2 Å². The molecule has 40 heavy (non-hydrogen) atoms. The van der Waals surface area contributed by atoms with Crippen molar-refractivity contribution in [3.8, 4) is 28.8 Å². The van der Waals surface area contributed by atoms with Crippen LogP contribution in [0.5, 0.6) is 11.5 Å². The molecule has 1 saturated heterocycles. The van der Waals surface area contributed by atoms with Crippen LogP contribution in [0.2, 0.25) is 0 Å². The molecule has 3 heterocycles. The first kappa shape index (κ1) is 26.8. The number of ether oxygens (including phenoxy) is 1. The molecular weight excluding hydrogens is 511 g/mol. The van der Waals surface area contributed by atoms with Crippen molar-refractivity contribution in [3.05, 3.63) is 72.3 Å². The normalized spacial score (nSPS) is 16.1. The van der Waals surface area contributed by atoms with Crippen LogP contribution in [0.25, 0.3) is 22.3 Å². The molecule has 11 heteroatoms. The van der Waals surface area contributed by atoms with Gasteiger partial charge < -0.3 is 21.1 Å². The highest BCUT2D eigenvalue weighted by molar-refractivity contribution is 5.99. The van der Waals surface area contributed by atoms with Crippen molar-refractivity contribution >= 4 is 22.8 Å². The third kappa shape index (κ3) is 5.48. The number of benzene rings is 2. The number of hydrogen-bond donors (Lipinski definition) is 2. The first-order valence-electron chi connectivity index (χ1n) is 12.9. The Morgan fingerprint density at radius 3 is 2.67 bits per heavy atom. The number of nitrogen functional groups attached to an aromatic ring is 1. The smallest absolute Gasteiger partial charge is 0.264 e. The van der Waals surface area contributed by atoms with E-state index in [0.29, 0.717) is 47.6 Å². The Labute approximate surface area is 230 Å². The largest absolute Gasteiger partial charge is 0.457 e. The highest BCUT2D eigenvalue weighted by Crippen LogP contribution is 2.36. The summed E-state index contributed by atoms with van der Waals surface area (Å²) < 4.78 is 22.9. The van der Waals surface area contributed by atoms with Crippen molar-refractivity contribution in [2.24, 2.45) is 5.73 Å². The lowest BCUT2D eigenvalue weighted by Gasteiger charge is -2.33. The number of carbonyl (C=O) groups excluding carboxylic acids is 1. The number of aromatic nitrogens is 4. The van der Waals surface area contributed by atoms with Crippen LogP contribution in [0.1, 0.15) is 32.7 Å². The highest BCUT2D eigenvalue weighted by Gasteiger charge is 2.31. The fraction of sp³-hybridized carbons (Fsp3) is 0.276. The van der Waals surface area contributed by atoms with E-state index in [1.54, 1.807) is 47.7 Å². The number of likely N-dealkylation sites (tertiary alicyclic amines) is 1. The molecule has 0 bridgehead atoms. The van der Waals surface area contributed by atoms with Crippen LogP contribution in [0.15, 0.2) is 66.5 Å². The molecule has 0 spiro atoms. The molecule has 4 aromatic rings. The molecule has 2 aromatic carbocycles. The van der Waals surface area contributed by atoms with E-state index in [1.807, 2.05) is 24.3 Å². The molecule has 204 valence electrons. The molecule has 1 aliphatic heterocycles. The third-order valence-corrected chi connectivity index (χ3v) is 6.59. The minimum atomic E-state index is -0.816. The predicted octanol–water partition coefficient (Wildman–Crippen LogP) is 4.36. The van der Waals surface area contributed by atoms with Crippen molar-refractivity contribution in [2.75, 3.05) is 18.8 Å². The zero-order valence-corrected chi connectivity index (χ0v) is 22.2. The number of nitrogens with two attached hydrogens (primary N) is 2. The maximum Gasteiger partial charge on any atom is 0.264 e. The van der Waals surface area contributed by atoms with Gasteiger partial charge in [-0.05, 0) is 57.0 Å². The summed E-state index contributed by atoms with van der Waals surface area (Å²) >= 11 is 0. The molecular formula is C29H29FN8O2. The lowest BCUT2D eigenvalue weighted by atomic mass is 10.0. The topological polar surface area (TPSA) is 149 Å². The van der Waals surface area contributed by atoms with E-state index in [4.69, 9.17) is 21.3 Å². The van der Waals surface area contributed by atoms with Gasteiger partial charge in [0.25, 0.3) is 5.91 Å². The van der Waals surface area contributed by atoms with Gasteiger partial charge in [0, 0.05) is 30.3 Å². The van der Waals surface area contributed by atoms with Gasteiger partial charge in [-0.3, -0.25) is 4.79 Å². The number of rotatable bonds is 6. The molecule has 1 fully saturated rings. The molecule has 0 unspecified atom stereocenters. The average Bonchev–Trinajstić information content (AvgIpc) is 3.32. The Morgan fingerprint density at radius 2 is 1.98 bits per heavy atom. The van der Waals surface area contributed by atoms with Gasteiger partial charge in [-0.15, -0.1) is 0 Å². The first-order valence-corrected chi connectivity index (χ1v) is 12.9. The van der Waals surface area contributed by atoms with Crippen molar-refractivity contribution in [3.63, 3.8) is 0 Å². The predicted molar refractivity (Wildman–Crippen MR) is 148 cm³/mol. The number of hydrogen-bond acceptors (Lipinski definition) is 8. The summed E-state index contributed by atoms with van der Waals surface area (Å²) in [6, 6.07) is 15.3. The summed E-state index contributed by atoms with van der Waals surface area (Å²) in [7, 11) is 0. The van der Waals surface area contributed by atoms with E-state index in [-0.39, 0.29) is 29.5 Å². The van der Waals surface area contributed by atoms with Gasteiger partial charge in [-0.2, -0.15) is 10.4 Å². The maximum absolute atomic E-state index is 15.5. The number of anilines is 1. The second-order valence-corrected chi connectivity index (χ2v) is 10.3. The van der Waals surface area contributed by atoms with Gasteiger partial charge in [-0.25, -0.2) is 19.0 Å². The second-order valence-electron chi connectivity index (χ2n) is 10.3. The van der Waals surface area contributed by atoms with E-state index < -0.39 is 17.3 Å². The lowest BCUT2D eigenvalue weighted by Crippen LogP contribution is -2.42. The molecule has 1 atom stereocenters. The standard InChI is InChI=1S/C29H29FN8O2/c1-29(2,33)14-18(15-31)28(39)37-12-6-7-19(16-37)38-27-24(26(32)34-17-35-27)25(36-38)22-11-10-21(13-23(22)30)40-20-8-4-3-5-9-20/h3-5,8-11,13-14,17,19H,6-7,12,16,33H2,1-2H3,(H2,32,34,35)/b18-14+/t19-/m1/s1. The van der Waals surface area contributed by atoms with Gasteiger partial charge in [0.05, 0.1) is 11.4 Å². The Bertz CT molecular complexity index is 1640. The van der Waals surface area contributed by atoms with Crippen molar-refractivity contribution in [2.45, 2.75) is 38.3 Å². The second kappa shape index (κ2) is 10.7. The van der Waals surface area contributed by atoms with Crippen LogP contribution in [-0.4, -0.2) is 49.2 Å². The number of carbonyl (C=O) groups is 1. The third-order valence-electron chi connectivity index (χ3n) is 6.59. The molecule has 1 aliphatic rings. The van der Waals surface area contributed by atoms with Crippen LogP contribution in [0.4, 0.5) is 10.2 Å². The SMILES string of the molecule is CC(C)(N)/C=C(\C#N)C(=O)N1CCC[C@@H](n2nc(-c3ccc(Oc4ccccc4)cc3F)c3c(N)ncnc32)C1. The van der Waals surface area contributed by atoms with Crippen molar-refractivity contribution in [1.29, 1.82) is 5.26 Å². The molecule has 4 N–H and O–H groups in total. The van der Waals surface area contributed by atoms with E-state index in [1.165, 1.54) is 18.5 Å². The molecule has 10 nitrogen and oxygen atoms in total. The summed E-state index contributed by atoms with van der Waals surface area (Å²) in [5, 5.41) is 14.8. The maximum atomic E-state index is 15.5. The zero-order valence-electron chi connectivity index (χ0n) is 22.2. The van der Waals surface area contributed by atoms with E-state index in [0.717, 1.165) is 0 Å². The Balaban J connectivity index is 1.49. The lowest BCUT2D eigenvalue weighted by molar-refractivity contribution is -0.128. The first-order chi connectivity index (χ1) is 19.1. The molecule has 0 radical (unpaired) electrons. The number of amides is 1. The van der Waals surface area contributed by atoms with Gasteiger partial charge >= 0.3 is 0 Å². The summed E-state index contributed by atoms with van der Waals surface area (Å²) in [5.74, 6) is 0.152. The zero-order chi connectivity index (χ0) is 28.4. The molecule has 1 amide bonds. The van der Waals surface area contributed by atoms with Gasteiger partial charge in [0.1, 0.15) is 46.8 Å².